The van der Waals surface area contributed by atoms with Crippen LogP contribution in [0.1, 0.15) is 17.1 Å². The third-order valence-corrected chi connectivity index (χ3v) is 4.11. The molecule has 0 spiro atoms. The predicted molar refractivity (Wildman–Crippen MR) is 101 cm³/mol. The molecule has 0 fully saturated rings. The highest BCUT2D eigenvalue weighted by molar-refractivity contribution is 7.99. The molecule has 134 valence electrons. The predicted octanol–water partition coefficient (Wildman–Crippen LogP) is 3.78. The van der Waals surface area contributed by atoms with Gasteiger partial charge in [0, 0.05) is 23.7 Å². The Kier molecular flexibility index (Phi) is 5.64. The van der Waals surface area contributed by atoms with Gasteiger partial charge in [-0.3, -0.25) is 9.78 Å². The smallest absolute Gasteiger partial charge is 0.266 e. The number of carbonyl (C=O) groups excluding carboxylic acids is 1. The van der Waals surface area contributed by atoms with E-state index < -0.39 is 5.91 Å². The van der Waals surface area contributed by atoms with Gasteiger partial charge in [-0.1, -0.05) is 0 Å². The van der Waals surface area contributed by atoms with E-state index in [1.807, 2.05) is 26.0 Å². The summed E-state index contributed by atoms with van der Waals surface area (Å²) in [7, 11) is 0. The van der Waals surface area contributed by atoms with Crippen molar-refractivity contribution in [3.63, 3.8) is 0 Å². The summed E-state index contributed by atoms with van der Waals surface area (Å²) >= 11 is 1.27. The van der Waals surface area contributed by atoms with Crippen LogP contribution in [-0.2, 0) is 4.79 Å². The molecule has 3 rings (SSSR count). The summed E-state index contributed by atoms with van der Waals surface area (Å²) < 4.78 is 5.66. The maximum Gasteiger partial charge on any atom is 0.266 e. The Hall–Kier alpha value is -3.44. The lowest BCUT2D eigenvalue weighted by atomic mass is 10.2. The maximum absolute atomic E-state index is 12.2. The fourth-order valence-electron chi connectivity index (χ4n) is 2.22. The van der Waals surface area contributed by atoms with Gasteiger partial charge < -0.3 is 9.73 Å². The number of nitrogens with one attached hydrogen (secondary N) is 1. The van der Waals surface area contributed by atoms with E-state index in [1.165, 1.54) is 24.0 Å². The first-order chi connectivity index (χ1) is 13.0. The molecule has 3 aromatic heterocycles. The molecule has 1 N–H and O–H groups in total. The number of rotatable bonds is 5. The van der Waals surface area contributed by atoms with E-state index in [2.05, 4.69) is 20.3 Å². The van der Waals surface area contributed by atoms with Crippen LogP contribution in [0.15, 0.2) is 63.0 Å². The number of nitrogens with zero attached hydrogens (tertiary/aromatic N) is 4. The summed E-state index contributed by atoms with van der Waals surface area (Å²) in [6, 6.07) is 10.6. The summed E-state index contributed by atoms with van der Waals surface area (Å²) in [4.78, 5) is 24.8. The molecule has 0 radical (unpaired) electrons. The van der Waals surface area contributed by atoms with Crippen LogP contribution in [0.2, 0.25) is 0 Å². The van der Waals surface area contributed by atoms with Gasteiger partial charge in [0.15, 0.2) is 10.2 Å². The summed E-state index contributed by atoms with van der Waals surface area (Å²) in [5, 5.41) is 13.0. The second-order valence-electron chi connectivity index (χ2n) is 5.56. The molecule has 0 aliphatic heterocycles. The number of aromatic nitrogens is 3. The third-order valence-electron chi connectivity index (χ3n) is 3.33. The fraction of sp³-hybridized carbons (Fsp3) is 0.105. The van der Waals surface area contributed by atoms with Crippen molar-refractivity contribution in [3.8, 4) is 6.07 Å². The Morgan fingerprint density at radius 3 is 2.70 bits per heavy atom. The van der Waals surface area contributed by atoms with Crippen molar-refractivity contribution < 1.29 is 9.21 Å². The van der Waals surface area contributed by atoms with Crippen molar-refractivity contribution in [1.82, 2.24) is 15.0 Å². The van der Waals surface area contributed by atoms with Crippen molar-refractivity contribution in [3.05, 3.63) is 65.4 Å². The molecular formula is C19H15N5O2S. The summed E-state index contributed by atoms with van der Waals surface area (Å²) in [6.45, 7) is 3.80. The zero-order valence-corrected chi connectivity index (χ0v) is 15.4. The molecule has 0 bridgehead atoms. The van der Waals surface area contributed by atoms with Gasteiger partial charge in [0.2, 0.25) is 0 Å². The van der Waals surface area contributed by atoms with Gasteiger partial charge in [0.25, 0.3) is 5.91 Å². The first-order valence-corrected chi connectivity index (χ1v) is 8.78. The molecule has 0 atom stereocenters. The van der Waals surface area contributed by atoms with E-state index in [-0.39, 0.29) is 5.57 Å². The molecule has 0 aliphatic rings. The highest BCUT2D eigenvalue weighted by atomic mass is 32.2. The van der Waals surface area contributed by atoms with Crippen LogP contribution >= 0.6 is 11.8 Å². The summed E-state index contributed by atoms with van der Waals surface area (Å²) in [5.41, 5.74) is 2.17. The second kappa shape index (κ2) is 8.29. The van der Waals surface area contributed by atoms with Crippen LogP contribution in [0, 0.1) is 25.2 Å². The van der Waals surface area contributed by atoms with Crippen LogP contribution in [0.3, 0.4) is 0 Å². The van der Waals surface area contributed by atoms with Gasteiger partial charge in [-0.25, -0.2) is 9.97 Å². The normalized spacial score (nSPS) is 11.1. The van der Waals surface area contributed by atoms with Crippen LogP contribution in [0.25, 0.3) is 6.08 Å². The lowest BCUT2D eigenvalue weighted by Gasteiger charge is -2.02. The van der Waals surface area contributed by atoms with E-state index in [4.69, 9.17) is 4.42 Å². The number of carbonyl (C=O) groups is 1. The van der Waals surface area contributed by atoms with E-state index in [1.54, 1.807) is 30.5 Å². The molecule has 27 heavy (non-hydrogen) atoms. The van der Waals surface area contributed by atoms with Gasteiger partial charge in [0.1, 0.15) is 17.4 Å². The number of furan rings is 1. The van der Waals surface area contributed by atoms with Crippen molar-refractivity contribution in [2.24, 2.45) is 0 Å². The van der Waals surface area contributed by atoms with Crippen molar-refractivity contribution in [2.75, 3.05) is 5.32 Å². The third kappa shape index (κ3) is 5.03. The summed E-state index contributed by atoms with van der Waals surface area (Å²) in [5.74, 6) is -0.145. The lowest BCUT2D eigenvalue weighted by molar-refractivity contribution is -0.112. The van der Waals surface area contributed by atoms with Gasteiger partial charge in [0.05, 0.1) is 11.9 Å². The largest absolute Gasteiger partial charge is 0.450 e. The molecular weight excluding hydrogens is 362 g/mol. The van der Waals surface area contributed by atoms with Crippen LogP contribution < -0.4 is 5.32 Å². The Labute approximate surface area is 160 Å². The second-order valence-corrected chi connectivity index (χ2v) is 6.53. The molecule has 0 saturated carbocycles. The Bertz CT molecular complexity index is 1020. The monoisotopic (exact) mass is 377 g/mol. The Balaban J connectivity index is 1.74. The molecule has 0 unspecified atom stereocenters. The van der Waals surface area contributed by atoms with Gasteiger partial charge in [-0.05, 0) is 55.9 Å². The number of hydrogen-bond donors (Lipinski definition) is 1. The maximum atomic E-state index is 12.2. The van der Waals surface area contributed by atoms with E-state index in [0.717, 1.165) is 11.4 Å². The number of amides is 1. The minimum atomic E-state index is -0.534. The molecule has 0 aromatic carbocycles. The van der Waals surface area contributed by atoms with Crippen LogP contribution in [0.4, 0.5) is 5.69 Å². The quantitative estimate of drug-likeness (QED) is 0.410. The van der Waals surface area contributed by atoms with Gasteiger partial charge in [-0.2, -0.15) is 5.26 Å². The van der Waals surface area contributed by atoms with E-state index >= 15 is 0 Å². The number of aryl methyl sites for hydroxylation is 2. The van der Waals surface area contributed by atoms with Crippen molar-refractivity contribution in [2.45, 2.75) is 24.1 Å². The van der Waals surface area contributed by atoms with Crippen LogP contribution in [0.5, 0.6) is 0 Å². The average Bonchev–Trinajstić information content (AvgIpc) is 3.06. The lowest BCUT2D eigenvalue weighted by Crippen LogP contribution is -2.13. The highest BCUT2D eigenvalue weighted by Gasteiger charge is 2.12. The number of anilines is 1. The Morgan fingerprint density at radius 2 is 2.04 bits per heavy atom. The van der Waals surface area contributed by atoms with E-state index in [9.17, 15) is 10.1 Å². The topological polar surface area (TPSA) is 105 Å². The first-order valence-electron chi connectivity index (χ1n) is 7.96. The van der Waals surface area contributed by atoms with E-state index in [0.29, 0.717) is 21.7 Å². The zero-order chi connectivity index (χ0) is 19.2. The van der Waals surface area contributed by atoms with Gasteiger partial charge in [-0.15, -0.1) is 0 Å². The van der Waals surface area contributed by atoms with Crippen molar-refractivity contribution in [1.29, 1.82) is 5.26 Å². The fourth-order valence-corrected chi connectivity index (χ4v) is 3.06. The first kappa shape index (κ1) is 18.4. The summed E-state index contributed by atoms with van der Waals surface area (Å²) in [6.07, 6.45) is 4.48. The molecule has 7 nitrogen and oxygen atoms in total. The standard InChI is InChI=1S/C19H15N5O2S/c1-12-8-13(2)23-19(22-12)27-17-6-5-16(26-17)9-14(10-20)18(25)24-15-4-3-7-21-11-15/h3-9,11H,1-2H3,(H,24,25)/b14-9+. The van der Waals surface area contributed by atoms with Crippen molar-refractivity contribution >= 4 is 29.4 Å². The highest BCUT2D eigenvalue weighted by Crippen LogP contribution is 2.27. The number of nitriles is 1. The molecule has 8 heteroatoms. The molecule has 3 aromatic rings. The van der Waals surface area contributed by atoms with Crippen LogP contribution in [-0.4, -0.2) is 20.9 Å². The molecule has 0 saturated heterocycles. The average molecular weight is 377 g/mol. The minimum absolute atomic E-state index is 0.0765. The SMILES string of the molecule is Cc1cc(C)nc(Sc2ccc(/C=C(\C#N)C(=O)Nc3cccnc3)o2)n1. The molecule has 0 aliphatic carbocycles. The van der Waals surface area contributed by atoms with Gasteiger partial charge >= 0.3 is 0 Å². The number of hydrogen-bond acceptors (Lipinski definition) is 7. The Morgan fingerprint density at radius 1 is 1.26 bits per heavy atom. The zero-order valence-electron chi connectivity index (χ0n) is 14.6. The minimum Gasteiger partial charge on any atom is -0.450 e. The number of pyridine rings is 1. The molecule has 1 amide bonds. The molecule has 3 heterocycles.